The van der Waals surface area contributed by atoms with Crippen LogP contribution in [0.1, 0.15) is 36.8 Å². The Hall–Kier alpha value is -2.32. The molecule has 170 valence electrons. The van der Waals surface area contributed by atoms with E-state index in [2.05, 4.69) is 41.4 Å². The fourth-order valence-corrected chi connectivity index (χ4v) is 6.42. The highest BCUT2D eigenvalue weighted by molar-refractivity contribution is 8.24. The summed E-state index contributed by atoms with van der Waals surface area (Å²) in [6, 6.07) is 16.9. The summed E-state index contributed by atoms with van der Waals surface area (Å²) in [5, 5.41) is 4.91. The molecule has 0 saturated heterocycles. The van der Waals surface area contributed by atoms with Gasteiger partial charge in [-0.05, 0) is 56.4 Å². The number of aromatic nitrogens is 1. The molecular weight excluding hydrogens is 420 g/mol. The van der Waals surface area contributed by atoms with Gasteiger partial charge in [-0.25, -0.2) is 4.98 Å². The minimum absolute atomic E-state index is 0.306. The van der Waals surface area contributed by atoms with Crippen LogP contribution in [0, 0.1) is 6.92 Å². The molecule has 1 fully saturated rings. The molecule has 0 atom stereocenters. The number of nitrogens with one attached hydrogen (secondary N) is 1. The van der Waals surface area contributed by atoms with E-state index in [0.717, 1.165) is 53.7 Å². The molecule has 0 amide bonds. The monoisotopic (exact) mass is 452 g/mol. The van der Waals surface area contributed by atoms with E-state index in [4.69, 9.17) is 10.7 Å². The predicted molar refractivity (Wildman–Crippen MR) is 134 cm³/mol. The maximum absolute atomic E-state index is 10.7. The Balaban J connectivity index is 1.52. The summed E-state index contributed by atoms with van der Waals surface area (Å²) in [4.78, 5) is 7.81. The fraction of sp³-hybridized carbons (Fsp3) is 0.400. The first-order valence-electron chi connectivity index (χ1n) is 11.4. The van der Waals surface area contributed by atoms with Crippen molar-refractivity contribution in [3.63, 3.8) is 0 Å². The van der Waals surface area contributed by atoms with Crippen LogP contribution in [0.15, 0.2) is 53.4 Å². The van der Waals surface area contributed by atoms with Gasteiger partial charge in [0.25, 0.3) is 0 Å². The maximum atomic E-state index is 10.7. The van der Waals surface area contributed by atoms with Gasteiger partial charge in [0.1, 0.15) is 5.82 Å². The van der Waals surface area contributed by atoms with Crippen LogP contribution >= 0.6 is 10.6 Å². The van der Waals surface area contributed by atoms with Gasteiger partial charge in [0.15, 0.2) is 0 Å². The minimum Gasteiger partial charge on any atom is -0.382 e. The van der Waals surface area contributed by atoms with Gasteiger partial charge >= 0.3 is 0 Å². The zero-order chi connectivity index (χ0) is 22.3. The van der Waals surface area contributed by atoms with Gasteiger partial charge in [-0.2, -0.15) is 10.6 Å². The lowest BCUT2D eigenvalue weighted by Crippen LogP contribution is -2.33. The number of benzene rings is 2. The highest BCUT2D eigenvalue weighted by atomic mass is 32.3. The molecule has 0 bridgehead atoms. The van der Waals surface area contributed by atoms with E-state index in [0.29, 0.717) is 35.8 Å². The van der Waals surface area contributed by atoms with Crippen molar-refractivity contribution in [1.29, 1.82) is 0 Å². The van der Waals surface area contributed by atoms with E-state index in [1.807, 2.05) is 24.3 Å². The summed E-state index contributed by atoms with van der Waals surface area (Å²) in [6.07, 6.45) is 4.24. The number of pyridine rings is 1. The molecule has 2 heterocycles. The SMILES string of the molecule is Cc1ccc2nc(N3CCS(O)(O)c4ccccc4C3)cc(NC3CCC(N)CC3)c2c1. The summed E-state index contributed by atoms with van der Waals surface area (Å²) in [5.41, 5.74) is 10.3. The van der Waals surface area contributed by atoms with Gasteiger partial charge in [-0.15, -0.1) is 0 Å². The number of nitrogens with two attached hydrogens (primary N) is 1. The van der Waals surface area contributed by atoms with Crippen LogP contribution in [-0.2, 0) is 6.54 Å². The van der Waals surface area contributed by atoms with Crippen molar-refractivity contribution < 1.29 is 9.11 Å². The smallest absolute Gasteiger partial charge is 0.131 e. The van der Waals surface area contributed by atoms with E-state index in [-0.39, 0.29) is 0 Å². The summed E-state index contributed by atoms with van der Waals surface area (Å²) in [5.74, 6) is 1.17. The molecule has 2 aliphatic rings. The molecule has 1 saturated carbocycles. The fourth-order valence-electron chi connectivity index (χ4n) is 4.87. The van der Waals surface area contributed by atoms with Crippen LogP contribution in [0.5, 0.6) is 0 Å². The Morgan fingerprint density at radius 1 is 1.06 bits per heavy atom. The summed E-state index contributed by atoms with van der Waals surface area (Å²) in [7, 11) is -2.80. The molecule has 1 aliphatic heterocycles. The number of rotatable bonds is 3. The van der Waals surface area contributed by atoms with Crippen molar-refractivity contribution in [3.05, 3.63) is 59.7 Å². The van der Waals surface area contributed by atoms with Crippen molar-refractivity contribution in [2.75, 3.05) is 22.5 Å². The second kappa shape index (κ2) is 8.56. The van der Waals surface area contributed by atoms with Gasteiger partial charge < -0.3 is 16.0 Å². The largest absolute Gasteiger partial charge is 0.382 e. The van der Waals surface area contributed by atoms with Crippen molar-refractivity contribution in [2.24, 2.45) is 5.73 Å². The van der Waals surface area contributed by atoms with Crippen LogP contribution in [0.25, 0.3) is 10.9 Å². The second-order valence-electron chi connectivity index (χ2n) is 9.20. The van der Waals surface area contributed by atoms with Crippen molar-refractivity contribution in [3.8, 4) is 0 Å². The van der Waals surface area contributed by atoms with Crippen molar-refractivity contribution in [2.45, 2.75) is 56.1 Å². The zero-order valence-electron chi connectivity index (χ0n) is 18.5. The Labute approximate surface area is 191 Å². The van der Waals surface area contributed by atoms with E-state index in [1.54, 1.807) is 0 Å². The first-order valence-corrected chi connectivity index (χ1v) is 13.1. The lowest BCUT2D eigenvalue weighted by Gasteiger charge is -2.32. The van der Waals surface area contributed by atoms with E-state index < -0.39 is 10.6 Å². The molecule has 7 heteroatoms. The highest BCUT2D eigenvalue weighted by Crippen LogP contribution is 2.51. The lowest BCUT2D eigenvalue weighted by molar-refractivity contribution is 0.411. The Bertz CT molecular complexity index is 1130. The first-order chi connectivity index (χ1) is 15.4. The van der Waals surface area contributed by atoms with E-state index in [1.165, 1.54) is 5.56 Å². The molecule has 32 heavy (non-hydrogen) atoms. The minimum atomic E-state index is -2.80. The van der Waals surface area contributed by atoms with Crippen molar-refractivity contribution >= 4 is 33.0 Å². The maximum Gasteiger partial charge on any atom is 0.131 e. The molecular formula is C25H32N4O2S. The topological polar surface area (TPSA) is 94.6 Å². The normalized spacial score (nSPS) is 23.9. The molecule has 5 N–H and O–H groups in total. The molecule has 0 spiro atoms. The molecule has 2 aromatic carbocycles. The number of fused-ring (bicyclic) bond motifs is 2. The first kappa shape index (κ1) is 21.5. The number of aryl methyl sites for hydroxylation is 1. The van der Waals surface area contributed by atoms with Crippen LogP contribution in [-0.4, -0.2) is 38.5 Å². The van der Waals surface area contributed by atoms with Gasteiger partial charge in [-0.1, -0.05) is 29.8 Å². The van der Waals surface area contributed by atoms with Gasteiger partial charge in [0, 0.05) is 42.3 Å². The summed E-state index contributed by atoms with van der Waals surface area (Å²) < 4.78 is 21.5. The quantitative estimate of drug-likeness (QED) is 0.428. The summed E-state index contributed by atoms with van der Waals surface area (Å²) in [6.45, 7) is 3.25. The Morgan fingerprint density at radius 2 is 1.84 bits per heavy atom. The third kappa shape index (κ3) is 4.30. The van der Waals surface area contributed by atoms with Crippen LogP contribution < -0.4 is 16.0 Å². The standard InChI is InChI=1S/C25H32N4O2S/c1-17-6-11-22-21(14-17)23(27-20-9-7-19(26)8-10-20)15-25(28-22)29-12-13-32(30,31)24-5-3-2-4-18(24)16-29/h2-6,11,14-15,19-20,30-31H,7-10,12-13,16,26H2,1H3,(H,27,28). The third-order valence-electron chi connectivity index (χ3n) is 6.74. The number of nitrogens with zero attached hydrogens (tertiary/aromatic N) is 2. The molecule has 1 aromatic heterocycles. The van der Waals surface area contributed by atoms with Crippen LogP contribution in [0.4, 0.5) is 11.5 Å². The number of hydrogen-bond donors (Lipinski definition) is 4. The molecule has 0 unspecified atom stereocenters. The summed E-state index contributed by atoms with van der Waals surface area (Å²) >= 11 is 0. The average molecular weight is 453 g/mol. The Morgan fingerprint density at radius 3 is 2.66 bits per heavy atom. The Kier molecular flexibility index (Phi) is 5.75. The zero-order valence-corrected chi connectivity index (χ0v) is 19.3. The van der Waals surface area contributed by atoms with Crippen LogP contribution in [0.2, 0.25) is 0 Å². The van der Waals surface area contributed by atoms with Crippen LogP contribution in [0.3, 0.4) is 0 Å². The average Bonchev–Trinajstić information content (AvgIpc) is 2.91. The molecule has 5 rings (SSSR count). The lowest BCUT2D eigenvalue weighted by atomic mass is 9.91. The molecule has 3 aromatic rings. The van der Waals surface area contributed by atoms with Gasteiger partial charge in [0.2, 0.25) is 0 Å². The molecule has 1 aliphatic carbocycles. The number of anilines is 2. The predicted octanol–water partition coefficient (Wildman–Crippen LogP) is 5.35. The number of hydrogen-bond acceptors (Lipinski definition) is 6. The van der Waals surface area contributed by atoms with E-state index >= 15 is 0 Å². The third-order valence-corrected chi connectivity index (χ3v) is 8.59. The molecule has 6 nitrogen and oxygen atoms in total. The van der Waals surface area contributed by atoms with Crippen molar-refractivity contribution in [1.82, 2.24) is 4.98 Å². The van der Waals surface area contributed by atoms with E-state index in [9.17, 15) is 9.11 Å². The van der Waals surface area contributed by atoms with Gasteiger partial charge in [-0.3, -0.25) is 9.11 Å². The van der Waals surface area contributed by atoms with Gasteiger partial charge in [0.05, 0.1) is 16.2 Å². The molecule has 0 radical (unpaired) electrons. The highest BCUT2D eigenvalue weighted by Gasteiger charge is 2.27. The second-order valence-corrected chi connectivity index (χ2v) is 11.4.